The maximum Gasteiger partial charge on any atom is 0.254 e. The fourth-order valence-corrected chi connectivity index (χ4v) is 2.43. The Hall–Kier alpha value is -0.810. The number of hydrogen-bond acceptors (Lipinski definition) is 3. The highest BCUT2D eigenvalue weighted by Gasteiger charge is 2.24. The van der Waals surface area contributed by atoms with Crippen LogP contribution >= 0.6 is 23.2 Å². The molecule has 1 aliphatic heterocycles. The van der Waals surface area contributed by atoms with Gasteiger partial charge in [-0.25, -0.2) is 0 Å². The molecule has 1 amide bonds. The van der Waals surface area contributed by atoms with E-state index in [0.29, 0.717) is 41.8 Å². The number of morpholine rings is 1. The normalized spacial score (nSPS) is 19.9. The summed E-state index contributed by atoms with van der Waals surface area (Å²) in [5, 5.41) is 0.906. The lowest BCUT2D eigenvalue weighted by atomic mass is 10.1. The molecule has 1 aromatic carbocycles. The molecular weight excluding hydrogens is 275 g/mol. The van der Waals surface area contributed by atoms with Gasteiger partial charge in [0.15, 0.2) is 0 Å². The van der Waals surface area contributed by atoms with E-state index < -0.39 is 0 Å². The van der Waals surface area contributed by atoms with E-state index in [-0.39, 0.29) is 12.0 Å². The van der Waals surface area contributed by atoms with Gasteiger partial charge in [0.2, 0.25) is 0 Å². The summed E-state index contributed by atoms with van der Waals surface area (Å²) < 4.78 is 5.42. The monoisotopic (exact) mass is 288 g/mol. The van der Waals surface area contributed by atoms with Crippen molar-refractivity contribution in [3.8, 4) is 0 Å². The Labute approximate surface area is 116 Å². The van der Waals surface area contributed by atoms with Crippen molar-refractivity contribution in [2.45, 2.75) is 6.10 Å². The molecule has 1 aromatic rings. The molecule has 1 fully saturated rings. The number of nitrogens with zero attached hydrogens (tertiary/aromatic N) is 1. The van der Waals surface area contributed by atoms with Gasteiger partial charge in [-0.3, -0.25) is 4.79 Å². The molecule has 0 spiro atoms. The van der Waals surface area contributed by atoms with Gasteiger partial charge in [0.25, 0.3) is 5.91 Å². The second kappa shape index (κ2) is 5.89. The minimum Gasteiger partial charge on any atom is -0.373 e. The molecule has 1 heterocycles. The van der Waals surface area contributed by atoms with Gasteiger partial charge in [-0.2, -0.15) is 0 Å². The van der Waals surface area contributed by atoms with Crippen molar-refractivity contribution in [3.63, 3.8) is 0 Å². The molecule has 2 N–H and O–H groups in total. The molecule has 0 aliphatic carbocycles. The molecule has 1 atom stereocenters. The van der Waals surface area contributed by atoms with Crippen molar-refractivity contribution in [1.29, 1.82) is 0 Å². The number of ether oxygens (including phenoxy) is 1. The van der Waals surface area contributed by atoms with Crippen LogP contribution in [0.3, 0.4) is 0 Å². The summed E-state index contributed by atoms with van der Waals surface area (Å²) in [5.41, 5.74) is 6.04. The Bertz CT molecular complexity index is 433. The number of amides is 1. The second-order valence-corrected chi connectivity index (χ2v) is 5.01. The zero-order valence-electron chi connectivity index (χ0n) is 9.73. The molecule has 1 saturated heterocycles. The van der Waals surface area contributed by atoms with Gasteiger partial charge < -0.3 is 15.4 Å². The van der Waals surface area contributed by atoms with Gasteiger partial charge in [-0.05, 0) is 18.2 Å². The molecule has 18 heavy (non-hydrogen) atoms. The molecule has 1 unspecified atom stereocenters. The lowest BCUT2D eigenvalue weighted by Gasteiger charge is -2.32. The summed E-state index contributed by atoms with van der Waals surface area (Å²) in [7, 11) is 0. The van der Waals surface area contributed by atoms with Crippen molar-refractivity contribution >= 4 is 29.1 Å². The predicted octanol–water partition coefficient (Wildman–Crippen LogP) is 1.79. The summed E-state index contributed by atoms with van der Waals surface area (Å²) in [4.78, 5) is 14.0. The van der Waals surface area contributed by atoms with E-state index >= 15 is 0 Å². The molecule has 0 bridgehead atoms. The summed E-state index contributed by atoms with van der Waals surface area (Å²) in [6.07, 6.45) is -0.0997. The van der Waals surface area contributed by atoms with Gasteiger partial charge in [0, 0.05) is 35.2 Å². The smallest absolute Gasteiger partial charge is 0.254 e. The fraction of sp³-hybridized carbons (Fsp3) is 0.417. The van der Waals surface area contributed by atoms with Crippen LogP contribution in [-0.2, 0) is 4.74 Å². The van der Waals surface area contributed by atoms with Gasteiger partial charge in [-0.1, -0.05) is 23.2 Å². The Kier molecular flexibility index (Phi) is 4.45. The standard InChI is InChI=1S/C12H14Cl2N2O2/c13-9-3-8(4-10(14)5-9)12(17)16-1-2-18-11(6-15)7-16/h3-5,11H,1-2,6-7,15H2. The number of nitrogens with two attached hydrogens (primary N) is 1. The third-order valence-corrected chi connectivity index (χ3v) is 3.23. The van der Waals surface area contributed by atoms with Crippen molar-refractivity contribution < 1.29 is 9.53 Å². The molecule has 0 radical (unpaired) electrons. The second-order valence-electron chi connectivity index (χ2n) is 4.14. The molecule has 0 aromatic heterocycles. The van der Waals surface area contributed by atoms with Gasteiger partial charge in [-0.15, -0.1) is 0 Å². The van der Waals surface area contributed by atoms with Gasteiger partial charge in [0.05, 0.1) is 12.7 Å². The fourth-order valence-electron chi connectivity index (χ4n) is 1.91. The first-order chi connectivity index (χ1) is 8.60. The Morgan fingerprint density at radius 2 is 2.06 bits per heavy atom. The SMILES string of the molecule is NCC1CN(C(=O)c2cc(Cl)cc(Cl)c2)CCO1. The highest BCUT2D eigenvalue weighted by atomic mass is 35.5. The van der Waals surface area contributed by atoms with E-state index in [2.05, 4.69) is 0 Å². The number of hydrogen-bond donors (Lipinski definition) is 1. The average Bonchev–Trinajstić information content (AvgIpc) is 2.37. The van der Waals surface area contributed by atoms with Crippen LogP contribution in [0.15, 0.2) is 18.2 Å². The molecule has 1 aliphatic rings. The van der Waals surface area contributed by atoms with E-state index in [1.54, 1.807) is 23.1 Å². The Balaban J connectivity index is 2.15. The Morgan fingerprint density at radius 3 is 2.67 bits per heavy atom. The van der Waals surface area contributed by atoms with Crippen LogP contribution in [0.5, 0.6) is 0 Å². The lowest BCUT2D eigenvalue weighted by Crippen LogP contribution is -2.48. The highest BCUT2D eigenvalue weighted by molar-refractivity contribution is 6.35. The van der Waals surface area contributed by atoms with Crippen molar-refractivity contribution in [2.75, 3.05) is 26.2 Å². The van der Waals surface area contributed by atoms with Gasteiger partial charge in [0.1, 0.15) is 0 Å². The molecule has 6 heteroatoms. The zero-order chi connectivity index (χ0) is 13.1. The van der Waals surface area contributed by atoms with E-state index in [4.69, 9.17) is 33.7 Å². The first-order valence-corrected chi connectivity index (χ1v) is 6.43. The van der Waals surface area contributed by atoms with E-state index in [0.717, 1.165) is 0 Å². The predicted molar refractivity (Wildman–Crippen MR) is 71.2 cm³/mol. The third kappa shape index (κ3) is 3.14. The van der Waals surface area contributed by atoms with Crippen molar-refractivity contribution in [2.24, 2.45) is 5.73 Å². The zero-order valence-corrected chi connectivity index (χ0v) is 11.2. The van der Waals surface area contributed by atoms with Crippen molar-refractivity contribution in [3.05, 3.63) is 33.8 Å². The van der Waals surface area contributed by atoms with E-state index in [1.807, 2.05) is 0 Å². The van der Waals surface area contributed by atoms with Crippen LogP contribution in [-0.4, -0.2) is 43.2 Å². The van der Waals surface area contributed by atoms with Crippen LogP contribution in [0.2, 0.25) is 10.0 Å². The number of halogens is 2. The van der Waals surface area contributed by atoms with Crippen molar-refractivity contribution in [1.82, 2.24) is 4.90 Å². The minimum absolute atomic E-state index is 0.0962. The quantitative estimate of drug-likeness (QED) is 0.903. The summed E-state index contributed by atoms with van der Waals surface area (Å²) >= 11 is 11.8. The topological polar surface area (TPSA) is 55.6 Å². The summed E-state index contributed by atoms with van der Waals surface area (Å²) in [6, 6.07) is 4.83. The van der Waals surface area contributed by atoms with Crippen LogP contribution < -0.4 is 5.73 Å². The highest BCUT2D eigenvalue weighted by Crippen LogP contribution is 2.20. The number of carbonyl (C=O) groups excluding carboxylic acids is 1. The molecule has 0 saturated carbocycles. The first kappa shape index (κ1) is 13.6. The van der Waals surface area contributed by atoms with Gasteiger partial charge >= 0.3 is 0 Å². The first-order valence-electron chi connectivity index (χ1n) is 5.67. The molecular formula is C12H14Cl2N2O2. The van der Waals surface area contributed by atoms with Crippen LogP contribution in [0, 0.1) is 0 Å². The molecule has 2 rings (SSSR count). The lowest BCUT2D eigenvalue weighted by molar-refractivity contribution is -0.0167. The van der Waals surface area contributed by atoms with Crippen LogP contribution in [0.4, 0.5) is 0 Å². The number of carbonyl (C=O) groups is 1. The summed E-state index contributed by atoms with van der Waals surface area (Å²) in [5.74, 6) is -0.0962. The maximum atomic E-state index is 12.3. The third-order valence-electron chi connectivity index (χ3n) is 2.80. The Morgan fingerprint density at radius 1 is 1.39 bits per heavy atom. The van der Waals surface area contributed by atoms with Crippen LogP contribution in [0.1, 0.15) is 10.4 Å². The van der Waals surface area contributed by atoms with E-state index in [9.17, 15) is 4.79 Å². The number of benzene rings is 1. The maximum absolute atomic E-state index is 12.3. The summed E-state index contributed by atoms with van der Waals surface area (Å²) in [6.45, 7) is 1.96. The largest absolute Gasteiger partial charge is 0.373 e. The molecule has 4 nitrogen and oxygen atoms in total. The molecule has 98 valence electrons. The minimum atomic E-state index is -0.0997. The van der Waals surface area contributed by atoms with Crippen LogP contribution in [0.25, 0.3) is 0 Å². The van der Waals surface area contributed by atoms with E-state index in [1.165, 1.54) is 0 Å². The average molecular weight is 289 g/mol. The number of rotatable bonds is 2.